The van der Waals surface area contributed by atoms with Crippen LogP contribution < -0.4 is 10.2 Å². The third kappa shape index (κ3) is 6.26. The fraction of sp³-hybridized carbons (Fsp3) is 0.545. The van der Waals surface area contributed by atoms with Gasteiger partial charge < -0.3 is 15.1 Å². The normalized spacial score (nSPS) is 16.0. The Morgan fingerprint density at radius 3 is 2.21 bits per heavy atom. The maximum atomic E-state index is 13.1. The number of nitrogens with one attached hydrogen (secondary N) is 1. The van der Waals surface area contributed by atoms with Gasteiger partial charge in [-0.15, -0.1) is 0 Å². The first-order valence-electron chi connectivity index (χ1n) is 9.68. The Morgan fingerprint density at radius 1 is 1.14 bits per heavy atom. The molecule has 1 aromatic rings. The molecule has 1 aliphatic rings. The Morgan fingerprint density at radius 2 is 1.71 bits per heavy atom. The van der Waals surface area contributed by atoms with Gasteiger partial charge in [0.05, 0.1) is 0 Å². The topological polar surface area (TPSA) is 59.4 Å². The van der Waals surface area contributed by atoms with Crippen molar-refractivity contribution in [2.45, 2.75) is 46.6 Å². The molecule has 1 aliphatic heterocycles. The van der Waals surface area contributed by atoms with Crippen molar-refractivity contribution < 1.29 is 9.18 Å². The highest BCUT2D eigenvalue weighted by molar-refractivity contribution is 5.97. The fourth-order valence-electron chi connectivity index (χ4n) is 3.78. The van der Waals surface area contributed by atoms with E-state index >= 15 is 0 Å². The maximum absolute atomic E-state index is 13.1. The van der Waals surface area contributed by atoms with Gasteiger partial charge in [-0.05, 0) is 49.9 Å². The lowest BCUT2D eigenvalue weighted by atomic mass is 9.82. The molecule has 1 saturated heterocycles. The van der Waals surface area contributed by atoms with Crippen LogP contribution in [0.15, 0.2) is 36.0 Å². The van der Waals surface area contributed by atoms with Crippen LogP contribution in [0.25, 0.3) is 0 Å². The van der Waals surface area contributed by atoms with Crippen molar-refractivity contribution in [1.82, 2.24) is 10.2 Å². The average Bonchev–Trinajstić information content (AvgIpc) is 2.61. The number of hydrogen-bond donors (Lipinski definition) is 1. The van der Waals surface area contributed by atoms with Crippen molar-refractivity contribution >= 4 is 11.6 Å². The third-order valence-corrected chi connectivity index (χ3v) is 4.69. The van der Waals surface area contributed by atoms with E-state index in [1.54, 1.807) is 23.2 Å². The number of carbonyl (C=O) groups is 1. The summed E-state index contributed by atoms with van der Waals surface area (Å²) in [6, 6.07) is 8.40. The predicted octanol–water partition coefficient (Wildman–Crippen LogP) is 3.69. The first kappa shape index (κ1) is 21.7. The minimum atomic E-state index is -0.261. The lowest BCUT2D eigenvalue weighted by molar-refractivity contribution is -0.127. The van der Waals surface area contributed by atoms with E-state index in [0.29, 0.717) is 26.2 Å². The zero-order valence-corrected chi connectivity index (χ0v) is 17.6. The second kappa shape index (κ2) is 8.64. The van der Waals surface area contributed by atoms with Crippen molar-refractivity contribution in [3.63, 3.8) is 0 Å². The Balaban J connectivity index is 1.96. The van der Waals surface area contributed by atoms with Crippen LogP contribution in [0.3, 0.4) is 0 Å². The molecule has 0 aliphatic carbocycles. The van der Waals surface area contributed by atoms with Crippen LogP contribution in [0, 0.1) is 22.6 Å². The van der Waals surface area contributed by atoms with E-state index in [9.17, 15) is 14.4 Å². The molecule has 28 heavy (non-hydrogen) atoms. The Bertz CT molecular complexity index is 748. The molecule has 1 N–H and O–H groups in total. The summed E-state index contributed by atoms with van der Waals surface area (Å²) in [7, 11) is 0. The minimum Gasteiger partial charge on any atom is -0.385 e. The maximum Gasteiger partial charge on any atom is 0.266 e. The summed E-state index contributed by atoms with van der Waals surface area (Å²) in [6.07, 6.45) is 2.46. The number of halogens is 1. The smallest absolute Gasteiger partial charge is 0.266 e. The molecule has 2 rings (SSSR count). The lowest BCUT2D eigenvalue weighted by Crippen LogP contribution is -2.49. The predicted molar refractivity (Wildman–Crippen MR) is 110 cm³/mol. The SMILES string of the molecule is CC(C)(C)CC(C)(C)N/C=C(/C#N)C(=O)N1CCN(c2ccc(F)cc2)CC1. The van der Waals surface area contributed by atoms with Crippen molar-refractivity contribution in [3.8, 4) is 6.07 Å². The number of benzene rings is 1. The number of anilines is 1. The van der Waals surface area contributed by atoms with E-state index in [-0.39, 0.29) is 28.3 Å². The Kier molecular flexibility index (Phi) is 6.71. The van der Waals surface area contributed by atoms with Gasteiger partial charge in [0.15, 0.2) is 0 Å². The van der Waals surface area contributed by atoms with Gasteiger partial charge in [-0.1, -0.05) is 20.8 Å². The van der Waals surface area contributed by atoms with E-state index in [4.69, 9.17) is 0 Å². The van der Waals surface area contributed by atoms with Gasteiger partial charge >= 0.3 is 0 Å². The summed E-state index contributed by atoms with van der Waals surface area (Å²) in [5.74, 6) is -0.511. The Labute approximate surface area is 167 Å². The van der Waals surface area contributed by atoms with E-state index in [1.807, 2.05) is 6.07 Å². The molecule has 152 valence electrons. The highest BCUT2D eigenvalue weighted by atomic mass is 19.1. The summed E-state index contributed by atoms with van der Waals surface area (Å²) < 4.78 is 13.1. The van der Waals surface area contributed by atoms with Gasteiger partial charge in [-0.25, -0.2) is 4.39 Å². The molecule has 1 aromatic carbocycles. The van der Waals surface area contributed by atoms with E-state index in [1.165, 1.54) is 12.1 Å². The molecule has 1 heterocycles. The number of amides is 1. The minimum absolute atomic E-state index is 0.122. The molecule has 1 fully saturated rings. The molecule has 0 unspecified atom stereocenters. The van der Waals surface area contributed by atoms with Crippen LogP contribution >= 0.6 is 0 Å². The van der Waals surface area contributed by atoms with Gasteiger partial charge in [-0.3, -0.25) is 4.79 Å². The Hall–Kier alpha value is -2.55. The largest absolute Gasteiger partial charge is 0.385 e. The summed E-state index contributed by atoms with van der Waals surface area (Å²) in [6.45, 7) is 13.0. The van der Waals surface area contributed by atoms with Gasteiger partial charge in [0.2, 0.25) is 0 Å². The lowest BCUT2D eigenvalue weighted by Gasteiger charge is -2.36. The quantitative estimate of drug-likeness (QED) is 0.619. The molecule has 0 atom stereocenters. The van der Waals surface area contributed by atoms with Crippen LogP contribution in [-0.2, 0) is 4.79 Å². The highest BCUT2D eigenvalue weighted by Crippen LogP contribution is 2.27. The number of hydrogen-bond acceptors (Lipinski definition) is 4. The second-order valence-electron chi connectivity index (χ2n) is 9.19. The number of nitriles is 1. The van der Waals surface area contributed by atoms with Crippen molar-refractivity contribution in [3.05, 3.63) is 41.9 Å². The molecule has 1 amide bonds. The third-order valence-electron chi connectivity index (χ3n) is 4.69. The van der Waals surface area contributed by atoms with Gasteiger partial charge in [0.1, 0.15) is 17.5 Å². The highest BCUT2D eigenvalue weighted by Gasteiger charge is 2.27. The molecule has 0 bridgehead atoms. The summed E-state index contributed by atoms with van der Waals surface area (Å²) >= 11 is 0. The van der Waals surface area contributed by atoms with Crippen LogP contribution in [0.2, 0.25) is 0 Å². The van der Waals surface area contributed by atoms with Gasteiger partial charge in [0, 0.05) is 43.6 Å². The van der Waals surface area contributed by atoms with E-state index < -0.39 is 0 Å². The average molecular weight is 387 g/mol. The van der Waals surface area contributed by atoms with Crippen LogP contribution in [0.4, 0.5) is 10.1 Å². The molecule has 0 spiro atoms. The fourth-order valence-corrected chi connectivity index (χ4v) is 3.78. The number of carbonyl (C=O) groups excluding carboxylic acids is 1. The number of nitrogens with zero attached hydrogens (tertiary/aromatic N) is 3. The van der Waals surface area contributed by atoms with E-state index in [2.05, 4.69) is 44.8 Å². The van der Waals surface area contributed by atoms with Crippen LogP contribution in [-0.4, -0.2) is 42.5 Å². The van der Waals surface area contributed by atoms with Crippen LogP contribution in [0.1, 0.15) is 41.0 Å². The first-order chi connectivity index (χ1) is 13.0. The van der Waals surface area contributed by atoms with E-state index in [0.717, 1.165) is 12.1 Å². The van der Waals surface area contributed by atoms with Crippen molar-refractivity contribution in [2.24, 2.45) is 5.41 Å². The number of rotatable bonds is 5. The van der Waals surface area contributed by atoms with Gasteiger partial charge in [0.25, 0.3) is 5.91 Å². The molecule has 0 saturated carbocycles. The van der Waals surface area contributed by atoms with Crippen molar-refractivity contribution in [1.29, 1.82) is 5.26 Å². The molecule has 5 nitrogen and oxygen atoms in total. The molecule has 6 heteroatoms. The zero-order chi connectivity index (χ0) is 20.9. The zero-order valence-electron chi connectivity index (χ0n) is 17.6. The molecule has 0 aromatic heterocycles. The first-order valence-corrected chi connectivity index (χ1v) is 9.68. The summed E-state index contributed by atoms with van der Waals surface area (Å²) in [5, 5.41) is 12.7. The van der Waals surface area contributed by atoms with Crippen LogP contribution in [0.5, 0.6) is 0 Å². The molecular weight excluding hydrogens is 355 g/mol. The second-order valence-corrected chi connectivity index (χ2v) is 9.19. The standard InChI is InChI=1S/C22H31FN4O/c1-21(2,3)16-22(4,5)25-15-17(14-24)20(28)27-12-10-26(11-13-27)19-8-6-18(23)7-9-19/h6-9,15,25H,10-13,16H2,1-5H3/b17-15-. The monoisotopic (exact) mass is 386 g/mol. The number of piperazine rings is 1. The molecule has 0 radical (unpaired) electrons. The van der Waals surface area contributed by atoms with Gasteiger partial charge in [-0.2, -0.15) is 5.26 Å². The molecular formula is C22H31FN4O. The summed E-state index contributed by atoms with van der Waals surface area (Å²) in [4.78, 5) is 16.6. The summed E-state index contributed by atoms with van der Waals surface area (Å²) in [5.41, 5.74) is 0.979. The van der Waals surface area contributed by atoms with Crippen molar-refractivity contribution in [2.75, 3.05) is 31.1 Å².